The number of nitrogens with zero attached hydrogens (tertiary/aromatic N) is 3. The van der Waals surface area contributed by atoms with Gasteiger partial charge in [-0.05, 0) is 32.0 Å². The molecule has 0 aromatic carbocycles. The summed E-state index contributed by atoms with van der Waals surface area (Å²) in [7, 11) is 0. The highest BCUT2D eigenvalue weighted by Crippen LogP contribution is 2.42. The Hall–Kier alpha value is -1.44. The van der Waals surface area contributed by atoms with Crippen LogP contribution < -0.4 is 5.73 Å². The predicted octanol–water partition coefficient (Wildman–Crippen LogP) is 0.0520. The molecule has 0 spiro atoms. The van der Waals surface area contributed by atoms with Crippen LogP contribution in [0.2, 0.25) is 0 Å². The van der Waals surface area contributed by atoms with Crippen molar-refractivity contribution in [1.82, 2.24) is 14.5 Å². The summed E-state index contributed by atoms with van der Waals surface area (Å²) in [4.78, 5) is 8.33. The van der Waals surface area contributed by atoms with Gasteiger partial charge in [-0.1, -0.05) is 0 Å². The molecule has 0 radical (unpaired) electrons. The Morgan fingerprint density at radius 2 is 2.12 bits per heavy atom. The molecule has 3 heterocycles. The van der Waals surface area contributed by atoms with Crippen molar-refractivity contribution >= 4 is 30.0 Å². The van der Waals surface area contributed by atoms with Crippen molar-refractivity contribution in [2.24, 2.45) is 0 Å². The molecule has 24 heavy (non-hydrogen) atoms. The van der Waals surface area contributed by atoms with E-state index < -0.39 is 31.1 Å². The van der Waals surface area contributed by atoms with Gasteiger partial charge < -0.3 is 25.8 Å². The third-order valence-electron chi connectivity index (χ3n) is 4.22. The van der Waals surface area contributed by atoms with Crippen molar-refractivity contribution in [3.63, 3.8) is 0 Å². The molecule has 8 nitrogen and oxygen atoms in total. The zero-order valence-electron chi connectivity index (χ0n) is 13.7. The largest absolute Gasteiger partial charge is 0.397 e. The highest BCUT2D eigenvalue weighted by atomic mass is 31.2. The highest BCUT2D eigenvalue weighted by Gasteiger charge is 2.55. The molecule has 1 aliphatic heterocycles. The molecule has 3 atom stereocenters. The lowest BCUT2D eigenvalue weighted by atomic mass is 10.1. The van der Waals surface area contributed by atoms with Gasteiger partial charge in [-0.2, -0.15) is 0 Å². The molecule has 132 valence electrons. The Bertz CT molecular complexity index is 800. The summed E-state index contributed by atoms with van der Waals surface area (Å²) in [6, 6.07) is 1.61. The maximum Gasteiger partial charge on any atom is 0.239 e. The topological polar surface area (TPSA) is 127 Å². The molecule has 0 bridgehead atoms. The summed E-state index contributed by atoms with van der Waals surface area (Å²) in [5, 5.41) is 31.1. The number of pyridine rings is 1. The van der Waals surface area contributed by atoms with Crippen LogP contribution in [0, 0.1) is 0 Å². The Labute approximate surface area is 139 Å². The molecule has 1 saturated heterocycles. The average Bonchev–Trinajstić information content (AvgIpc) is 2.99. The molecule has 0 amide bonds. The Morgan fingerprint density at radius 1 is 1.42 bits per heavy atom. The molecular formula is C15H23N4O4P. The van der Waals surface area contributed by atoms with E-state index in [0.29, 0.717) is 23.3 Å². The van der Waals surface area contributed by atoms with E-state index >= 15 is 0 Å². The van der Waals surface area contributed by atoms with Gasteiger partial charge in [0.2, 0.25) is 5.79 Å². The van der Waals surface area contributed by atoms with Crippen LogP contribution in [0.3, 0.4) is 0 Å². The first kappa shape index (κ1) is 17.4. The smallest absolute Gasteiger partial charge is 0.239 e. The van der Waals surface area contributed by atoms with Crippen LogP contribution >= 0.6 is 6.89 Å². The minimum absolute atomic E-state index is 0.366. The maximum atomic E-state index is 10.4. The third-order valence-corrected chi connectivity index (χ3v) is 5.69. The lowest BCUT2D eigenvalue weighted by Gasteiger charge is -2.25. The number of hydrogen-bond acceptors (Lipinski definition) is 7. The normalized spacial score (nSPS) is 27.0. The van der Waals surface area contributed by atoms with Gasteiger partial charge in [0.1, 0.15) is 11.6 Å². The van der Waals surface area contributed by atoms with E-state index in [-0.39, 0.29) is 0 Å². The summed E-state index contributed by atoms with van der Waals surface area (Å²) < 4.78 is 7.15. The number of ether oxygens (including phenoxy) is 1. The molecule has 3 rings (SSSR count). The number of nitrogens with two attached hydrogens (primary N) is 1. The molecule has 1 fully saturated rings. The van der Waals surface area contributed by atoms with E-state index in [0.717, 1.165) is 6.16 Å². The van der Waals surface area contributed by atoms with Crippen molar-refractivity contribution in [2.75, 3.05) is 25.2 Å². The van der Waals surface area contributed by atoms with Crippen LogP contribution in [-0.4, -0.2) is 73.6 Å². The van der Waals surface area contributed by atoms with Gasteiger partial charge in [-0.25, -0.2) is 9.97 Å². The highest BCUT2D eigenvalue weighted by molar-refractivity contribution is 7.72. The molecule has 1 unspecified atom stereocenters. The number of aliphatic hydroxyl groups is 3. The first-order valence-electron chi connectivity index (χ1n) is 7.64. The number of aliphatic hydroxyl groups excluding tert-OH is 1. The van der Waals surface area contributed by atoms with Crippen molar-refractivity contribution in [2.45, 2.75) is 30.6 Å². The number of imidazole rings is 1. The van der Waals surface area contributed by atoms with E-state index in [9.17, 15) is 15.3 Å². The number of rotatable bonds is 4. The molecule has 2 aromatic rings. The lowest BCUT2D eigenvalue weighted by Crippen LogP contribution is -2.46. The van der Waals surface area contributed by atoms with E-state index in [2.05, 4.69) is 29.6 Å². The standard InChI is InChI=1S/C15H23N4O4P/c1-24(2,3)7-5-10-12(20)15(21,22)14(23-10)19-8-18-11-9(16)4-6-17-13(11)19/h4,6,8,10,12,14,20-22H,1,5,7H2,2-3H3,(H2,16,17)/t10-,12-,14?/m1/s1. The summed E-state index contributed by atoms with van der Waals surface area (Å²) in [5.74, 6) is -2.45. The number of aromatic nitrogens is 3. The van der Waals surface area contributed by atoms with Crippen molar-refractivity contribution in [1.29, 1.82) is 0 Å². The van der Waals surface area contributed by atoms with Gasteiger partial charge in [0.25, 0.3) is 0 Å². The van der Waals surface area contributed by atoms with Crippen molar-refractivity contribution in [3.05, 3.63) is 18.6 Å². The second-order valence-electron chi connectivity index (χ2n) is 6.93. The molecule has 0 saturated carbocycles. The third kappa shape index (κ3) is 2.96. The molecule has 9 heteroatoms. The van der Waals surface area contributed by atoms with Gasteiger partial charge in [-0.3, -0.25) is 4.57 Å². The monoisotopic (exact) mass is 354 g/mol. The minimum Gasteiger partial charge on any atom is -0.397 e. The van der Waals surface area contributed by atoms with Crippen molar-refractivity contribution in [3.8, 4) is 0 Å². The molecular weight excluding hydrogens is 331 g/mol. The fourth-order valence-electron chi connectivity index (χ4n) is 2.86. The molecule has 0 aliphatic carbocycles. The van der Waals surface area contributed by atoms with Crippen LogP contribution in [0.25, 0.3) is 11.2 Å². The summed E-state index contributed by atoms with van der Waals surface area (Å²) in [6.07, 6.45) is 4.91. The summed E-state index contributed by atoms with van der Waals surface area (Å²) in [6.45, 7) is 2.84. The van der Waals surface area contributed by atoms with Gasteiger partial charge in [0, 0.05) is 6.20 Å². The SMILES string of the molecule is C=P(C)(C)CC[C@H]1OC(n2cnc3c(N)ccnc32)C(O)(O)[C@@H]1O. The molecule has 5 N–H and O–H groups in total. The van der Waals surface area contributed by atoms with E-state index in [4.69, 9.17) is 10.5 Å². The summed E-state index contributed by atoms with van der Waals surface area (Å²) >= 11 is 0. The molecule has 2 aromatic heterocycles. The van der Waals surface area contributed by atoms with E-state index in [1.807, 2.05) is 0 Å². The Morgan fingerprint density at radius 3 is 2.79 bits per heavy atom. The quantitative estimate of drug-likeness (QED) is 0.451. The van der Waals surface area contributed by atoms with Crippen LogP contribution in [0.4, 0.5) is 5.69 Å². The molecule has 1 aliphatic rings. The minimum atomic E-state index is -2.45. The first-order chi connectivity index (χ1) is 11.1. The first-order valence-corrected chi connectivity index (χ1v) is 10.7. The number of nitrogen functional groups attached to an aromatic ring is 1. The zero-order valence-corrected chi connectivity index (χ0v) is 14.6. The number of anilines is 1. The summed E-state index contributed by atoms with van der Waals surface area (Å²) in [5.41, 5.74) is 7.09. The maximum absolute atomic E-state index is 10.4. The second-order valence-corrected chi connectivity index (χ2v) is 11.2. The van der Waals surface area contributed by atoms with Gasteiger partial charge in [0.15, 0.2) is 11.9 Å². The van der Waals surface area contributed by atoms with E-state index in [1.54, 1.807) is 6.07 Å². The van der Waals surface area contributed by atoms with Crippen LogP contribution in [-0.2, 0) is 4.74 Å². The average molecular weight is 354 g/mol. The van der Waals surface area contributed by atoms with Crippen LogP contribution in [0.5, 0.6) is 0 Å². The lowest BCUT2D eigenvalue weighted by molar-refractivity contribution is -0.247. The van der Waals surface area contributed by atoms with Gasteiger partial charge >= 0.3 is 0 Å². The Kier molecular flexibility index (Phi) is 4.22. The Balaban J connectivity index is 1.92. The van der Waals surface area contributed by atoms with Crippen LogP contribution in [0.1, 0.15) is 12.6 Å². The fourth-order valence-corrected chi connectivity index (χ4v) is 3.81. The second kappa shape index (κ2) is 5.82. The van der Waals surface area contributed by atoms with Crippen LogP contribution in [0.15, 0.2) is 18.6 Å². The van der Waals surface area contributed by atoms with Gasteiger partial charge in [0.05, 0.1) is 18.1 Å². The fraction of sp³-hybridized carbons (Fsp3) is 0.533. The number of hydrogen-bond donors (Lipinski definition) is 4. The predicted molar refractivity (Wildman–Crippen MR) is 94.4 cm³/mol. The van der Waals surface area contributed by atoms with E-state index in [1.165, 1.54) is 17.1 Å². The van der Waals surface area contributed by atoms with Gasteiger partial charge in [-0.15, -0.1) is 13.2 Å². The number of fused-ring (bicyclic) bond motifs is 1. The van der Waals surface area contributed by atoms with Crippen molar-refractivity contribution < 1.29 is 20.1 Å². The zero-order chi connectivity index (χ0) is 17.7.